The number of fused-ring (bicyclic) bond motifs is 1. The molecule has 0 unspecified atom stereocenters. The molecule has 6 nitrogen and oxygen atoms in total. The lowest BCUT2D eigenvalue weighted by Gasteiger charge is -2.15. The molecule has 0 aromatic heterocycles. The molecule has 0 fully saturated rings. The lowest BCUT2D eigenvalue weighted by Crippen LogP contribution is -2.29. The molecular formula is C20H19NO5. The van der Waals surface area contributed by atoms with Gasteiger partial charge in [-0.25, -0.2) is 9.69 Å². The van der Waals surface area contributed by atoms with Gasteiger partial charge in [-0.1, -0.05) is 19.1 Å². The SMILES string of the molecule is CC[C@@H](C)OC(=O)COc1ccc(N2C(=O)c3ccccc3C2=O)cc1. The molecule has 1 aliphatic heterocycles. The van der Waals surface area contributed by atoms with Gasteiger partial charge in [0.2, 0.25) is 0 Å². The summed E-state index contributed by atoms with van der Waals surface area (Å²) in [4.78, 5) is 37.7. The third-order valence-electron chi connectivity index (χ3n) is 4.15. The number of benzene rings is 2. The minimum Gasteiger partial charge on any atom is -0.482 e. The van der Waals surface area contributed by atoms with Gasteiger partial charge < -0.3 is 9.47 Å². The van der Waals surface area contributed by atoms with E-state index >= 15 is 0 Å². The van der Waals surface area contributed by atoms with E-state index in [4.69, 9.17) is 9.47 Å². The molecule has 0 saturated carbocycles. The topological polar surface area (TPSA) is 72.9 Å². The molecule has 1 heterocycles. The summed E-state index contributed by atoms with van der Waals surface area (Å²) in [6, 6.07) is 13.1. The maximum absolute atomic E-state index is 12.5. The molecule has 6 heteroatoms. The number of nitrogens with zero attached hydrogens (tertiary/aromatic N) is 1. The van der Waals surface area contributed by atoms with E-state index in [1.165, 1.54) is 0 Å². The Morgan fingerprint density at radius 1 is 1.00 bits per heavy atom. The number of imide groups is 1. The van der Waals surface area contributed by atoms with E-state index in [9.17, 15) is 14.4 Å². The van der Waals surface area contributed by atoms with Crippen molar-refractivity contribution in [1.29, 1.82) is 0 Å². The second kappa shape index (κ2) is 7.39. The lowest BCUT2D eigenvalue weighted by molar-refractivity contribution is -0.150. The molecule has 26 heavy (non-hydrogen) atoms. The van der Waals surface area contributed by atoms with Crippen molar-refractivity contribution in [3.05, 3.63) is 59.7 Å². The van der Waals surface area contributed by atoms with Crippen LogP contribution < -0.4 is 9.64 Å². The summed E-state index contributed by atoms with van der Waals surface area (Å²) in [6.45, 7) is 3.54. The van der Waals surface area contributed by atoms with Gasteiger partial charge in [-0.15, -0.1) is 0 Å². The molecule has 0 bridgehead atoms. The molecule has 2 aromatic carbocycles. The molecule has 0 saturated heterocycles. The van der Waals surface area contributed by atoms with E-state index in [-0.39, 0.29) is 24.5 Å². The van der Waals surface area contributed by atoms with Gasteiger partial charge in [-0.05, 0) is 49.7 Å². The number of anilines is 1. The monoisotopic (exact) mass is 353 g/mol. The van der Waals surface area contributed by atoms with Crippen LogP contribution in [0.4, 0.5) is 5.69 Å². The first kappa shape index (κ1) is 17.7. The van der Waals surface area contributed by atoms with Gasteiger partial charge >= 0.3 is 5.97 Å². The Kier molecular flexibility index (Phi) is 5.02. The van der Waals surface area contributed by atoms with E-state index in [1.54, 1.807) is 48.5 Å². The van der Waals surface area contributed by atoms with Gasteiger partial charge in [0, 0.05) is 0 Å². The van der Waals surface area contributed by atoms with E-state index in [0.29, 0.717) is 22.6 Å². The zero-order chi connectivity index (χ0) is 18.7. The fourth-order valence-electron chi connectivity index (χ4n) is 2.60. The van der Waals surface area contributed by atoms with Gasteiger partial charge in [0.05, 0.1) is 22.9 Å². The van der Waals surface area contributed by atoms with Gasteiger partial charge in [0.15, 0.2) is 6.61 Å². The van der Waals surface area contributed by atoms with Gasteiger partial charge in [-0.3, -0.25) is 9.59 Å². The first-order valence-electron chi connectivity index (χ1n) is 8.41. The summed E-state index contributed by atoms with van der Waals surface area (Å²) in [5, 5.41) is 0. The molecule has 0 radical (unpaired) electrons. The predicted molar refractivity (Wildman–Crippen MR) is 95.4 cm³/mol. The zero-order valence-corrected chi connectivity index (χ0v) is 14.6. The Morgan fingerprint density at radius 2 is 1.58 bits per heavy atom. The van der Waals surface area contributed by atoms with Crippen LogP contribution >= 0.6 is 0 Å². The Morgan fingerprint density at radius 3 is 2.12 bits per heavy atom. The van der Waals surface area contributed by atoms with Crippen molar-refractivity contribution in [3.63, 3.8) is 0 Å². The number of carbonyl (C=O) groups excluding carboxylic acids is 3. The molecule has 0 aliphatic carbocycles. The van der Waals surface area contributed by atoms with Crippen LogP contribution in [0.1, 0.15) is 41.0 Å². The molecule has 2 aromatic rings. The fourth-order valence-corrected chi connectivity index (χ4v) is 2.60. The Balaban J connectivity index is 1.66. The highest BCUT2D eigenvalue weighted by Crippen LogP contribution is 2.29. The lowest BCUT2D eigenvalue weighted by atomic mass is 10.1. The standard InChI is InChI=1S/C20H19NO5/c1-3-13(2)26-18(22)12-25-15-10-8-14(9-11-15)21-19(23)16-6-4-5-7-17(16)20(21)24/h4-11,13H,3,12H2,1-2H3/t13-/m1/s1. The van der Waals surface area contributed by atoms with E-state index < -0.39 is 5.97 Å². The van der Waals surface area contributed by atoms with Gasteiger partial charge in [0.25, 0.3) is 11.8 Å². The first-order valence-corrected chi connectivity index (χ1v) is 8.41. The number of amides is 2. The summed E-state index contributed by atoms with van der Waals surface area (Å²) in [5.74, 6) is -0.692. The minimum atomic E-state index is -0.441. The molecule has 1 aliphatic rings. The zero-order valence-electron chi connectivity index (χ0n) is 14.6. The summed E-state index contributed by atoms with van der Waals surface area (Å²) in [5.41, 5.74) is 1.24. The van der Waals surface area contributed by atoms with Crippen LogP contribution in [0.5, 0.6) is 5.75 Å². The molecular weight excluding hydrogens is 334 g/mol. The highest BCUT2D eigenvalue weighted by atomic mass is 16.6. The average Bonchev–Trinajstić information content (AvgIpc) is 2.91. The second-order valence-corrected chi connectivity index (χ2v) is 5.98. The van der Waals surface area contributed by atoms with Gasteiger partial charge in [-0.2, -0.15) is 0 Å². The van der Waals surface area contributed by atoms with Crippen LogP contribution in [0.15, 0.2) is 48.5 Å². The number of ether oxygens (including phenoxy) is 2. The van der Waals surface area contributed by atoms with Crippen molar-refractivity contribution in [2.24, 2.45) is 0 Å². The van der Waals surface area contributed by atoms with Crippen molar-refractivity contribution < 1.29 is 23.9 Å². The molecule has 2 amide bonds. The maximum Gasteiger partial charge on any atom is 0.344 e. The van der Waals surface area contributed by atoms with Crippen LogP contribution in [-0.4, -0.2) is 30.5 Å². The van der Waals surface area contributed by atoms with Crippen LogP contribution in [0.2, 0.25) is 0 Å². The predicted octanol–water partition coefficient (Wildman–Crippen LogP) is 3.21. The molecule has 134 valence electrons. The van der Waals surface area contributed by atoms with Crippen LogP contribution in [0.25, 0.3) is 0 Å². The van der Waals surface area contributed by atoms with Crippen molar-refractivity contribution in [2.45, 2.75) is 26.4 Å². The Hall–Kier alpha value is -3.15. The Bertz CT molecular complexity index is 809. The summed E-state index contributed by atoms with van der Waals surface area (Å²) < 4.78 is 10.5. The van der Waals surface area contributed by atoms with Crippen LogP contribution in [0.3, 0.4) is 0 Å². The maximum atomic E-state index is 12.5. The van der Waals surface area contributed by atoms with Gasteiger partial charge in [0.1, 0.15) is 5.75 Å². The highest BCUT2D eigenvalue weighted by molar-refractivity contribution is 6.34. The summed E-state index contributed by atoms with van der Waals surface area (Å²) in [6.07, 6.45) is 0.586. The molecule has 0 N–H and O–H groups in total. The van der Waals surface area contributed by atoms with Crippen molar-refractivity contribution in [3.8, 4) is 5.75 Å². The third-order valence-corrected chi connectivity index (χ3v) is 4.15. The minimum absolute atomic E-state index is 0.151. The van der Waals surface area contributed by atoms with Crippen molar-refractivity contribution in [2.75, 3.05) is 11.5 Å². The molecule has 3 rings (SSSR count). The number of rotatable bonds is 6. The van der Waals surface area contributed by atoms with E-state index in [0.717, 1.165) is 11.3 Å². The summed E-state index contributed by atoms with van der Waals surface area (Å²) >= 11 is 0. The largest absolute Gasteiger partial charge is 0.482 e. The fraction of sp³-hybridized carbons (Fsp3) is 0.250. The van der Waals surface area contributed by atoms with Crippen molar-refractivity contribution in [1.82, 2.24) is 0 Å². The van der Waals surface area contributed by atoms with Crippen molar-refractivity contribution >= 4 is 23.5 Å². The number of carbonyl (C=O) groups is 3. The molecule has 1 atom stereocenters. The van der Waals surface area contributed by atoms with Crippen LogP contribution in [-0.2, 0) is 9.53 Å². The average molecular weight is 353 g/mol. The highest BCUT2D eigenvalue weighted by Gasteiger charge is 2.36. The second-order valence-electron chi connectivity index (χ2n) is 5.98. The number of hydrogen-bond acceptors (Lipinski definition) is 5. The summed E-state index contributed by atoms with van der Waals surface area (Å²) in [7, 11) is 0. The smallest absolute Gasteiger partial charge is 0.344 e. The van der Waals surface area contributed by atoms with Crippen LogP contribution in [0, 0.1) is 0 Å². The number of hydrogen-bond donors (Lipinski definition) is 0. The number of esters is 1. The quantitative estimate of drug-likeness (QED) is 0.589. The third kappa shape index (κ3) is 3.44. The molecule has 0 spiro atoms. The first-order chi connectivity index (χ1) is 12.5. The van der Waals surface area contributed by atoms with E-state index in [1.807, 2.05) is 13.8 Å². The van der Waals surface area contributed by atoms with E-state index in [2.05, 4.69) is 0 Å². The normalized spacial score (nSPS) is 14.2. The Labute approximate surface area is 151 Å².